The SMILES string of the molecule is O=C(O)CCCSc1ccc(F)cc1. The lowest BCUT2D eigenvalue weighted by molar-refractivity contribution is -0.137. The quantitative estimate of drug-likeness (QED) is 0.605. The van der Waals surface area contributed by atoms with E-state index in [2.05, 4.69) is 0 Å². The number of carboxylic acid groups (broad SMARTS) is 1. The number of benzene rings is 1. The third kappa shape index (κ3) is 4.28. The van der Waals surface area contributed by atoms with E-state index in [9.17, 15) is 9.18 Å². The van der Waals surface area contributed by atoms with E-state index in [-0.39, 0.29) is 12.2 Å². The normalized spacial score (nSPS) is 10.1. The Balaban J connectivity index is 2.25. The summed E-state index contributed by atoms with van der Waals surface area (Å²) >= 11 is 1.54. The Labute approximate surface area is 86.1 Å². The van der Waals surface area contributed by atoms with E-state index in [0.717, 1.165) is 10.6 Å². The standard InChI is InChI=1S/C10H11FO2S/c11-8-3-5-9(6-4-8)14-7-1-2-10(12)13/h3-6H,1-2,7H2,(H,12,13). The van der Waals surface area contributed by atoms with E-state index in [1.165, 1.54) is 12.1 Å². The molecule has 2 nitrogen and oxygen atoms in total. The second-order valence-corrected chi connectivity index (χ2v) is 3.97. The van der Waals surface area contributed by atoms with Gasteiger partial charge in [-0.2, -0.15) is 0 Å². The summed E-state index contributed by atoms with van der Waals surface area (Å²) in [7, 11) is 0. The Hall–Kier alpha value is -1.03. The summed E-state index contributed by atoms with van der Waals surface area (Å²) in [6.45, 7) is 0. The number of hydrogen-bond donors (Lipinski definition) is 1. The second-order valence-electron chi connectivity index (χ2n) is 2.80. The molecule has 0 fully saturated rings. The van der Waals surface area contributed by atoms with Gasteiger partial charge in [0, 0.05) is 11.3 Å². The van der Waals surface area contributed by atoms with Crippen molar-refractivity contribution in [2.45, 2.75) is 17.7 Å². The minimum absolute atomic E-state index is 0.189. The van der Waals surface area contributed by atoms with Crippen LogP contribution in [0.5, 0.6) is 0 Å². The molecule has 1 aromatic rings. The van der Waals surface area contributed by atoms with Crippen molar-refractivity contribution in [3.63, 3.8) is 0 Å². The molecule has 14 heavy (non-hydrogen) atoms. The molecule has 0 bridgehead atoms. The van der Waals surface area contributed by atoms with E-state index < -0.39 is 5.97 Å². The van der Waals surface area contributed by atoms with Crippen LogP contribution in [0.2, 0.25) is 0 Å². The zero-order chi connectivity index (χ0) is 10.4. The summed E-state index contributed by atoms with van der Waals surface area (Å²) in [6.07, 6.45) is 0.825. The van der Waals surface area contributed by atoms with Crippen molar-refractivity contribution in [3.05, 3.63) is 30.1 Å². The van der Waals surface area contributed by atoms with Crippen molar-refractivity contribution < 1.29 is 14.3 Å². The molecule has 4 heteroatoms. The maximum absolute atomic E-state index is 12.5. The molecule has 0 saturated heterocycles. The molecule has 0 aliphatic carbocycles. The first-order valence-electron chi connectivity index (χ1n) is 4.28. The third-order valence-corrected chi connectivity index (χ3v) is 2.72. The molecule has 0 spiro atoms. The zero-order valence-corrected chi connectivity index (χ0v) is 8.39. The average Bonchev–Trinajstić information content (AvgIpc) is 2.15. The fourth-order valence-corrected chi connectivity index (χ4v) is 1.80. The van der Waals surface area contributed by atoms with Gasteiger partial charge in [-0.3, -0.25) is 4.79 Å². The Bertz CT molecular complexity index is 297. The molecule has 76 valence electrons. The molecular formula is C10H11FO2S. The minimum atomic E-state index is -0.773. The van der Waals surface area contributed by atoms with E-state index in [1.54, 1.807) is 23.9 Å². The van der Waals surface area contributed by atoms with Crippen LogP contribution in [0.3, 0.4) is 0 Å². The van der Waals surface area contributed by atoms with Gasteiger partial charge in [0.2, 0.25) is 0 Å². The summed E-state index contributed by atoms with van der Waals surface area (Å²) < 4.78 is 12.5. The monoisotopic (exact) mass is 214 g/mol. The topological polar surface area (TPSA) is 37.3 Å². The fraction of sp³-hybridized carbons (Fsp3) is 0.300. The van der Waals surface area contributed by atoms with Crippen LogP contribution >= 0.6 is 11.8 Å². The Morgan fingerprint density at radius 2 is 2.00 bits per heavy atom. The first-order chi connectivity index (χ1) is 6.68. The molecule has 0 radical (unpaired) electrons. The average molecular weight is 214 g/mol. The van der Waals surface area contributed by atoms with Gasteiger partial charge in [-0.1, -0.05) is 0 Å². The van der Waals surface area contributed by atoms with E-state index in [4.69, 9.17) is 5.11 Å². The van der Waals surface area contributed by atoms with E-state index >= 15 is 0 Å². The molecular weight excluding hydrogens is 203 g/mol. The van der Waals surface area contributed by atoms with Crippen molar-refractivity contribution in [2.24, 2.45) is 0 Å². The van der Waals surface area contributed by atoms with Crippen molar-refractivity contribution in [2.75, 3.05) is 5.75 Å². The third-order valence-electron chi connectivity index (χ3n) is 1.62. The molecule has 0 heterocycles. The Morgan fingerprint density at radius 3 is 2.57 bits per heavy atom. The summed E-state index contributed by atoms with van der Waals surface area (Å²) in [5.41, 5.74) is 0. The zero-order valence-electron chi connectivity index (χ0n) is 7.57. The lowest BCUT2D eigenvalue weighted by Crippen LogP contribution is -1.94. The molecule has 1 N–H and O–H groups in total. The van der Waals surface area contributed by atoms with Crippen molar-refractivity contribution in [3.8, 4) is 0 Å². The molecule has 0 atom stereocenters. The molecule has 0 unspecified atom stereocenters. The molecule has 0 saturated carbocycles. The first kappa shape index (κ1) is 11.0. The number of carbonyl (C=O) groups is 1. The van der Waals surface area contributed by atoms with Gasteiger partial charge in [-0.25, -0.2) is 4.39 Å². The fourth-order valence-electron chi connectivity index (χ4n) is 0.944. The van der Waals surface area contributed by atoms with Crippen LogP contribution in [0, 0.1) is 5.82 Å². The molecule has 0 aromatic heterocycles. The van der Waals surface area contributed by atoms with Crippen LogP contribution in [0.1, 0.15) is 12.8 Å². The maximum atomic E-state index is 12.5. The van der Waals surface area contributed by atoms with Gasteiger partial charge in [0.25, 0.3) is 0 Å². The van der Waals surface area contributed by atoms with Gasteiger partial charge in [0.15, 0.2) is 0 Å². The smallest absolute Gasteiger partial charge is 0.303 e. The summed E-state index contributed by atoms with van der Waals surface area (Å²) in [6, 6.07) is 6.20. The van der Waals surface area contributed by atoms with Crippen LogP contribution in [-0.4, -0.2) is 16.8 Å². The number of hydrogen-bond acceptors (Lipinski definition) is 2. The lowest BCUT2D eigenvalue weighted by Gasteiger charge is -1.99. The van der Waals surface area contributed by atoms with Gasteiger partial charge in [0.1, 0.15) is 5.82 Å². The molecule has 0 aliphatic heterocycles. The van der Waals surface area contributed by atoms with Gasteiger partial charge in [-0.15, -0.1) is 11.8 Å². The van der Waals surface area contributed by atoms with E-state index in [0.29, 0.717) is 6.42 Å². The van der Waals surface area contributed by atoms with E-state index in [1.807, 2.05) is 0 Å². The van der Waals surface area contributed by atoms with Crippen LogP contribution in [0.15, 0.2) is 29.2 Å². The van der Waals surface area contributed by atoms with Gasteiger partial charge >= 0.3 is 5.97 Å². The van der Waals surface area contributed by atoms with Crippen LogP contribution in [0.4, 0.5) is 4.39 Å². The summed E-state index contributed by atoms with van der Waals surface area (Å²) in [4.78, 5) is 11.2. The van der Waals surface area contributed by atoms with Crippen LogP contribution in [-0.2, 0) is 4.79 Å². The van der Waals surface area contributed by atoms with Gasteiger partial charge in [0.05, 0.1) is 0 Å². The Kier molecular flexibility index (Phi) is 4.46. The van der Waals surface area contributed by atoms with Crippen LogP contribution in [0.25, 0.3) is 0 Å². The molecule has 1 rings (SSSR count). The molecule has 0 amide bonds. The predicted octanol–water partition coefficient (Wildman–Crippen LogP) is 2.78. The van der Waals surface area contributed by atoms with Crippen molar-refractivity contribution >= 4 is 17.7 Å². The summed E-state index contributed by atoms with van der Waals surface area (Å²) in [5, 5.41) is 8.39. The van der Waals surface area contributed by atoms with Crippen molar-refractivity contribution in [1.29, 1.82) is 0 Å². The van der Waals surface area contributed by atoms with Gasteiger partial charge < -0.3 is 5.11 Å². The highest BCUT2D eigenvalue weighted by molar-refractivity contribution is 7.99. The van der Waals surface area contributed by atoms with Crippen molar-refractivity contribution in [1.82, 2.24) is 0 Å². The Morgan fingerprint density at radius 1 is 1.36 bits per heavy atom. The lowest BCUT2D eigenvalue weighted by atomic mass is 10.3. The molecule has 0 aliphatic rings. The number of thioether (sulfide) groups is 1. The minimum Gasteiger partial charge on any atom is -0.481 e. The van der Waals surface area contributed by atoms with Crippen LogP contribution < -0.4 is 0 Å². The highest BCUT2D eigenvalue weighted by Gasteiger charge is 1.98. The highest BCUT2D eigenvalue weighted by Crippen LogP contribution is 2.19. The number of halogens is 1. The molecule has 1 aromatic carbocycles. The number of aliphatic carboxylic acids is 1. The predicted molar refractivity (Wildman–Crippen MR) is 54.0 cm³/mol. The number of carboxylic acids is 1. The highest BCUT2D eigenvalue weighted by atomic mass is 32.2. The largest absolute Gasteiger partial charge is 0.481 e. The van der Waals surface area contributed by atoms with Gasteiger partial charge in [-0.05, 0) is 36.4 Å². The second kappa shape index (κ2) is 5.65. The maximum Gasteiger partial charge on any atom is 0.303 e. The summed E-state index contributed by atoms with van der Waals surface area (Å²) in [5.74, 6) is -0.276. The number of rotatable bonds is 5. The first-order valence-corrected chi connectivity index (χ1v) is 5.27.